The molecule has 4 aromatic rings. The highest BCUT2D eigenvalue weighted by atomic mass is 16.3. The standard InChI is InChI=1S/C24H20N4O/c29-23-16-8-7-15-22(23)24-19(18-26-28(24)21-13-5-2-6-14-21)10-9-17-25-27-20-11-3-1-4-12-20/h1-18,27,29H/b10-9+,25-17-. The molecule has 5 nitrogen and oxygen atoms in total. The molecule has 1 aromatic heterocycles. The molecule has 5 heteroatoms. The van der Waals surface area contributed by atoms with Crippen molar-refractivity contribution >= 4 is 18.0 Å². The van der Waals surface area contributed by atoms with Gasteiger partial charge in [-0.25, -0.2) is 4.68 Å². The molecule has 0 aliphatic rings. The van der Waals surface area contributed by atoms with Gasteiger partial charge in [-0.15, -0.1) is 0 Å². The Bertz CT molecular complexity index is 1130. The van der Waals surface area contributed by atoms with Gasteiger partial charge in [0.15, 0.2) is 0 Å². The first kappa shape index (κ1) is 18.3. The maximum Gasteiger partial charge on any atom is 0.124 e. The summed E-state index contributed by atoms with van der Waals surface area (Å²) in [6.07, 6.45) is 7.22. The molecule has 0 amide bonds. The zero-order valence-electron chi connectivity index (χ0n) is 15.7. The lowest BCUT2D eigenvalue weighted by Crippen LogP contribution is -1.99. The number of phenolic OH excluding ortho intramolecular Hbond substituents is 1. The Morgan fingerprint density at radius 2 is 1.55 bits per heavy atom. The second-order valence-corrected chi connectivity index (χ2v) is 6.33. The zero-order chi connectivity index (χ0) is 19.9. The first-order valence-corrected chi connectivity index (χ1v) is 9.25. The summed E-state index contributed by atoms with van der Waals surface area (Å²) < 4.78 is 1.83. The Morgan fingerprint density at radius 3 is 2.31 bits per heavy atom. The number of hydrogen-bond acceptors (Lipinski definition) is 4. The van der Waals surface area contributed by atoms with Crippen LogP contribution in [-0.2, 0) is 0 Å². The average molecular weight is 380 g/mol. The van der Waals surface area contributed by atoms with Gasteiger partial charge in [-0.05, 0) is 48.6 Å². The third-order valence-electron chi connectivity index (χ3n) is 4.36. The van der Waals surface area contributed by atoms with Crippen molar-refractivity contribution in [3.05, 3.63) is 103 Å². The van der Waals surface area contributed by atoms with Gasteiger partial charge in [0.25, 0.3) is 0 Å². The fourth-order valence-electron chi connectivity index (χ4n) is 3.01. The van der Waals surface area contributed by atoms with Crippen molar-refractivity contribution in [2.45, 2.75) is 0 Å². The van der Waals surface area contributed by atoms with Crippen LogP contribution < -0.4 is 5.43 Å². The number of hydrazone groups is 1. The number of para-hydroxylation sites is 3. The highest BCUT2D eigenvalue weighted by Gasteiger charge is 2.15. The summed E-state index contributed by atoms with van der Waals surface area (Å²) in [7, 11) is 0. The van der Waals surface area contributed by atoms with Crippen LogP contribution in [0.2, 0.25) is 0 Å². The first-order valence-electron chi connectivity index (χ1n) is 9.25. The van der Waals surface area contributed by atoms with Crippen molar-refractivity contribution < 1.29 is 5.11 Å². The smallest absolute Gasteiger partial charge is 0.124 e. The second kappa shape index (κ2) is 8.71. The number of allylic oxidation sites excluding steroid dienone is 1. The maximum atomic E-state index is 10.4. The van der Waals surface area contributed by atoms with Crippen LogP contribution in [0.3, 0.4) is 0 Å². The lowest BCUT2D eigenvalue weighted by Gasteiger charge is -2.10. The van der Waals surface area contributed by atoms with Crippen LogP contribution >= 0.6 is 0 Å². The Balaban J connectivity index is 1.65. The second-order valence-electron chi connectivity index (χ2n) is 6.33. The van der Waals surface area contributed by atoms with E-state index in [-0.39, 0.29) is 5.75 Å². The molecule has 0 atom stereocenters. The molecule has 0 spiro atoms. The van der Waals surface area contributed by atoms with Crippen LogP contribution in [0, 0.1) is 0 Å². The highest BCUT2D eigenvalue weighted by molar-refractivity contribution is 5.84. The average Bonchev–Trinajstić information content (AvgIpc) is 3.19. The third-order valence-corrected chi connectivity index (χ3v) is 4.36. The molecular formula is C24H20N4O. The first-order chi connectivity index (χ1) is 14.3. The maximum absolute atomic E-state index is 10.4. The van der Waals surface area contributed by atoms with Crippen LogP contribution in [-0.4, -0.2) is 21.1 Å². The van der Waals surface area contributed by atoms with E-state index in [9.17, 15) is 5.11 Å². The molecule has 0 bridgehead atoms. The Morgan fingerprint density at radius 1 is 0.862 bits per heavy atom. The lowest BCUT2D eigenvalue weighted by atomic mass is 10.1. The predicted octanol–water partition coefficient (Wildman–Crippen LogP) is 5.36. The molecule has 0 unspecified atom stereocenters. The number of nitrogens with one attached hydrogen (secondary N) is 1. The fourth-order valence-corrected chi connectivity index (χ4v) is 3.01. The number of anilines is 1. The van der Waals surface area contributed by atoms with Gasteiger partial charge < -0.3 is 5.11 Å². The Hall–Kier alpha value is -4.12. The van der Waals surface area contributed by atoms with Gasteiger partial charge in [0, 0.05) is 17.3 Å². The molecule has 142 valence electrons. The van der Waals surface area contributed by atoms with Gasteiger partial charge in [0.1, 0.15) is 5.75 Å². The minimum Gasteiger partial charge on any atom is -0.507 e. The van der Waals surface area contributed by atoms with Gasteiger partial charge in [-0.2, -0.15) is 10.2 Å². The number of phenols is 1. The van der Waals surface area contributed by atoms with Crippen molar-refractivity contribution in [1.29, 1.82) is 0 Å². The minimum absolute atomic E-state index is 0.208. The van der Waals surface area contributed by atoms with Crippen LogP contribution in [0.25, 0.3) is 23.0 Å². The largest absolute Gasteiger partial charge is 0.507 e. The number of aromatic hydroxyl groups is 1. The molecule has 3 aromatic carbocycles. The third kappa shape index (κ3) is 4.25. The molecule has 0 aliphatic carbocycles. The quantitative estimate of drug-likeness (QED) is 0.350. The molecule has 0 aliphatic heterocycles. The molecule has 0 fully saturated rings. The number of benzene rings is 3. The van der Waals surface area contributed by atoms with Crippen molar-refractivity contribution in [3.8, 4) is 22.7 Å². The summed E-state index contributed by atoms with van der Waals surface area (Å²) >= 11 is 0. The molecule has 0 radical (unpaired) electrons. The van der Waals surface area contributed by atoms with Crippen molar-refractivity contribution in [3.63, 3.8) is 0 Å². The predicted molar refractivity (Wildman–Crippen MR) is 118 cm³/mol. The molecular weight excluding hydrogens is 360 g/mol. The van der Waals surface area contributed by atoms with Crippen LogP contribution in [0.5, 0.6) is 5.75 Å². The fraction of sp³-hybridized carbons (Fsp3) is 0. The molecule has 1 heterocycles. The molecule has 0 saturated heterocycles. The normalized spacial score (nSPS) is 11.3. The number of aromatic nitrogens is 2. The molecule has 4 rings (SSSR count). The summed E-state index contributed by atoms with van der Waals surface area (Å²) in [4.78, 5) is 0. The Labute approximate surface area is 169 Å². The number of nitrogens with zero attached hydrogens (tertiary/aromatic N) is 3. The van der Waals surface area contributed by atoms with Gasteiger partial charge in [0.2, 0.25) is 0 Å². The van der Waals surface area contributed by atoms with Gasteiger partial charge in [-0.3, -0.25) is 5.43 Å². The lowest BCUT2D eigenvalue weighted by molar-refractivity contribution is 0.477. The van der Waals surface area contributed by atoms with Crippen LogP contribution in [0.15, 0.2) is 102 Å². The van der Waals surface area contributed by atoms with Gasteiger partial charge >= 0.3 is 0 Å². The summed E-state index contributed by atoms with van der Waals surface area (Å²) in [6, 6.07) is 26.9. The summed E-state index contributed by atoms with van der Waals surface area (Å²) in [5.74, 6) is 0.208. The zero-order valence-corrected chi connectivity index (χ0v) is 15.7. The molecule has 2 N–H and O–H groups in total. The number of rotatable bonds is 6. The summed E-state index contributed by atoms with van der Waals surface area (Å²) in [6.45, 7) is 0. The van der Waals surface area contributed by atoms with Crippen LogP contribution in [0.1, 0.15) is 5.56 Å². The van der Waals surface area contributed by atoms with E-state index < -0.39 is 0 Å². The summed E-state index contributed by atoms with van der Waals surface area (Å²) in [5.41, 5.74) is 7.22. The van der Waals surface area contributed by atoms with Gasteiger partial charge in [-0.1, -0.05) is 48.5 Å². The molecule has 29 heavy (non-hydrogen) atoms. The minimum atomic E-state index is 0.208. The van der Waals surface area contributed by atoms with Crippen LogP contribution in [0.4, 0.5) is 5.69 Å². The van der Waals surface area contributed by atoms with E-state index >= 15 is 0 Å². The van der Waals surface area contributed by atoms with E-state index in [4.69, 9.17) is 0 Å². The van der Waals surface area contributed by atoms with E-state index in [1.54, 1.807) is 24.5 Å². The van der Waals surface area contributed by atoms with Crippen molar-refractivity contribution in [1.82, 2.24) is 9.78 Å². The highest BCUT2D eigenvalue weighted by Crippen LogP contribution is 2.33. The Kier molecular flexibility index (Phi) is 5.48. The van der Waals surface area contributed by atoms with Gasteiger partial charge in [0.05, 0.1) is 23.3 Å². The topological polar surface area (TPSA) is 62.4 Å². The van der Waals surface area contributed by atoms with E-state index in [0.29, 0.717) is 5.56 Å². The van der Waals surface area contributed by atoms with Crippen molar-refractivity contribution in [2.24, 2.45) is 5.10 Å². The van der Waals surface area contributed by atoms with E-state index in [0.717, 1.165) is 22.6 Å². The number of hydrogen-bond donors (Lipinski definition) is 2. The van der Waals surface area contributed by atoms with E-state index in [2.05, 4.69) is 15.6 Å². The SMILES string of the molecule is Oc1ccccc1-c1c(/C=C/C=N\Nc2ccccc2)cnn1-c1ccccc1. The van der Waals surface area contributed by atoms with E-state index in [1.807, 2.05) is 89.6 Å². The molecule has 0 saturated carbocycles. The monoisotopic (exact) mass is 380 g/mol. The summed E-state index contributed by atoms with van der Waals surface area (Å²) in [5, 5.41) is 19.2. The van der Waals surface area contributed by atoms with Crippen molar-refractivity contribution in [2.75, 3.05) is 5.43 Å². The van der Waals surface area contributed by atoms with E-state index in [1.165, 1.54) is 0 Å².